The van der Waals surface area contributed by atoms with E-state index in [9.17, 15) is 14.7 Å². The molecule has 0 bridgehead atoms. The average molecular weight is 284 g/mol. The largest absolute Gasteiger partial charge is 0.480 e. The van der Waals surface area contributed by atoms with Gasteiger partial charge >= 0.3 is 12.0 Å². The van der Waals surface area contributed by atoms with Gasteiger partial charge in [0.15, 0.2) is 0 Å². The van der Waals surface area contributed by atoms with Crippen LogP contribution in [0.15, 0.2) is 0 Å². The summed E-state index contributed by atoms with van der Waals surface area (Å²) < 4.78 is 0. The van der Waals surface area contributed by atoms with Crippen molar-refractivity contribution in [3.05, 3.63) is 0 Å². The van der Waals surface area contributed by atoms with Crippen molar-refractivity contribution in [2.24, 2.45) is 11.3 Å². The summed E-state index contributed by atoms with van der Waals surface area (Å²) in [7, 11) is 1.56. The molecule has 5 nitrogen and oxygen atoms in total. The first-order chi connectivity index (χ1) is 8.98. The second-order valence-corrected chi connectivity index (χ2v) is 7.33. The van der Waals surface area contributed by atoms with E-state index in [1.807, 2.05) is 0 Å². The molecule has 0 unspecified atom stereocenters. The number of piperidine rings is 1. The van der Waals surface area contributed by atoms with Crippen LogP contribution < -0.4 is 0 Å². The molecule has 1 saturated heterocycles. The van der Waals surface area contributed by atoms with Crippen LogP contribution in [0.1, 0.15) is 47.5 Å². The Balaban J connectivity index is 2.66. The van der Waals surface area contributed by atoms with Crippen LogP contribution in [0.5, 0.6) is 0 Å². The minimum Gasteiger partial charge on any atom is -0.480 e. The molecule has 1 fully saturated rings. The van der Waals surface area contributed by atoms with Crippen molar-refractivity contribution in [2.45, 2.75) is 53.0 Å². The third-order valence-corrected chi connectivity index (χ3v) is 4.64. The van der Waals surface area contributed by atoms with Gasteiger partial charge in [-0.1, -0.05) is 20.8 Å². The van der Waals surface area contributed by atoms with E-state index in [2.05, 4.69) is 20.8 Å². The quantitative estimate of drug-likeness (QED) is 0.848. The number of hydrogen-bond donors (Lipinski definition) is 1. The monoisotopic (exact) mass is 284 g/mol. The normalized spacial score (nSPS) is 18.0. The fraction of sp³-hybridized carbons (Fsp3) is 0.867. The number of aliphatic carboxylic acids is 1. The minimum absolute atomic E-state index is 0.190. The molecule has 1 N–H and O–H groups in total. The Morgan fingerprint density at radius 3 is 1.90 bits per heavy atom. The van der Waals surface area contributed by atoms with Crippen molar-refractivity contribution in [1.29, 1.82) is 0 Å². The third kappa shape index (κ3) is 3.44. The summed E-state index contributed by atoms with van der Waals surface area (Å²) in [5.41, 5.74) is -0.917. The van der Waals surface area contributed by atoms with Crippen LogP contribution in [-0.2, 0) is 4.79 Å². The van der Waals surface area contributed by atoms with Crippen molar-refractivity contribution in [3.8, 4) is 0 Å². The molecular formula is C15H28N2O3. The summed E-state index contributed by atoms with van der Waals surface area (Å²) in [5.74, 6) is -0.373. The van der Waals surface area contributed by atoms with Crippen molar-refractivity contribution in [1.82, 2.24) is 9.80 Å². The van der Waals surface area contributed by atoms with Crippen LogP contribution >= 0.6 is 0 Å². The van der Waals surface area contributed by atoms with Gasteiger partial charge in [-0.05, 0) is 38.0 Å². The Morgan fingerprint density at radius 1 is 1.10 bits per heavy atom. The smallest absolute Gasteiger partial charge is 0.329 e. The van der Waals surface area contributed by atoms with Gasteiger partial charge in [0.05, 0.1) is 0 Å². The van der Waals surface area contributed by atoms with E-state index in [1.165, 1.54) is 4.90 Å². The number of rotatable bonds is 2. The van der Waals surface area contributed by atoms with Crippen LogP contribution in [0.3, 0.4) is 0 Å². The fourth-order valence-corrected chi connectivity index (χ4v) is 2.53. The lowest BCUT2D eigenvalue weighted by Gasteiger charge is -2.42. The standard InChI is InChI=1S/C15H28N2O3/c1-14(2,3)11-7-9-17(10-8-11)13(20)16(6)15(4,5)12(18)19/h11H,7-10H2,1-6H3,(H,18,19). The number of likely N-dealkylation sites (N-methyl/N-ethyl adjacent to an activating group) is 1. The van der Waals surface area contributed by atoms with Crippen LogP contribution in [-0.4, -0.2) is 52.6 Å². The Kier molecular flexibility index (Phi) is 4.72. The molecule has 0 aromatic rings. The summed E-state index contributed by atoms with van der Waals surface area (Å²) in [6.45, 7) is 11.2. The van der Waals surface area contributed by atoms with Crippen molar-refractivity contribution < 1.29 is 14.7 Å². The van der Waals surface area contributed by atoms with Crippen molar-refractivity contribution in [3.63, 3.8) is 0 Å². The number of hydrogen-bond acceptors (Lipinski definition) is 2. The van der Waals surface area contributed by atoms with E-state index in [4.69, 9.17) is 0 Å². The summed E-state index contributed by atoms with van der Waals surface area (Å²) in [5, 5.41) is 9.20. The molecule has 0 aliphatic carbocycles. The first-order valence-corrected chi connectivity index (χ1v) is 7.24. The van der Waals surface area contributed by atoms with E-state index >= 15 is 0 Å². The first-order valence-electron chi connectivity index (χ1n) is 7.24. The highest BCUT2D eigenvalue weighted by atomic mass is 16.4. The molecule has 0 spiro atoms. The van der Waals surface area contributed by atoms with Gasteiger partial charge in [-0.3, -0.25) is 0 Å². The lowest BCUT2D eigenvalue weighted by atomic mass is 9.75. The maximum atomic E-state index is 12.4. The van der Waals surface area contributed by atoms with Gasteiger partial charge in [0.1, 0.15) is 5.54 Å². The second kappa shape index (κ2) is 5.62. The summed E-state index contributed by atoms with van der Waals surface area (Å²) in [6.07, 6.45) is 1.97. The van der Waals surface area contributed by atoms with Gasteiger partial charge in [-0.15, -0.1) is 0 Å². The SMILES string of the molecule is CN(C(=O)N1CCC(C(C)(C)C)CC1)C(C)(C)C(=O)O. The van der Waals surface area contributed by atoms with Crippen LogP contribution in [0.2, 0.25) is 0 Å². The number of carbonyl (C=O) groups is 2. The minimum atomic E-state index is -1.18. The number of carboxylic acid groups (broad SMARTS) is 1. The molecule has 5 heteroatoms. The molecule has 0 saturated carbocycles. The fourth-order valence-electron chi connectivity index (χ4n) is 2.53. The molecule has 0 aromatic heterocycles. The van der Waals surface area contributed by atoms with Gasteiger partial charge in [0.2, 0.25) is 0 Å². The van der Waals surface area contributed by atoms with Gasteiger partial charge in [-0.2, -0.15) is 0 Å². The number of carbonyl (C=O) groups excluding carboxylic acids is 1. The lowest BCUT2D eigenvalue weighted by molar-refractivity contribution is -0.147. The maximum absolute atomic E-state index is 12.4. The highest BCUT2D eigenvalue weighted by molar-refractivity contribution is 5.85. The molecule has 1 rings (SSSR count). The molecule has 116 valence electrons. The molecule has 1 heterocycles. The topological polar surface area (TPSA) is 60.9 Å². The van der Waals surface area contributed by atoms with E-state index < -0.39 is 11.5 Å². The molecule has 1 aliphatic rings. The number of nitrogens with zero attached hydrogens (tertiary/aromatic N) is 2. The highest BCUT2D eigenvalue weighted by Gasteiger charge is 2.38. The predicted octanol–water partition coefficient (Wildman–Crippen LogP) is 2.66. The molecule has 20 heavy (non-hydrogen) atoms. The third-order valence-electron chi connectivity index (χ3n) is 4.64. The van der Waals surface area contributed by atoms with Crippen LogP contribution in [0, 0.1) is 11.3 Å². The van der Waals surface area contributed by atoms with Gasteiger partial charge < -0.3 is 14.9 Å². The van der Waals surface area contributed by atoms with Crippen LogP contribution in [0.4, 0.5) is 4.79 Å². The van der Waals surface area contributed by atoms with Crippen molar-refractivity contribution in [2.75, 3.05) is 20.1 Å². The number of carboxylic acids is 1. The molecular weight excluding hydrogens is 256 g/mol. The highest BCUT2D eigenvalue weighted by Crippen LogP contribution is 2.34. The lowest BCUT2D eigenvalue weighted by Crippen LogP contribution is -2.56. The molecule has 2 amide bonds. The predicted molar refractivity (Wildman–Crippen MR) is 78.6 cm³/mol. The molecule has 1 aliphatic heterocycles. The molecule has 0 atom stereocenters. The Bertz CT molecular complexity index is 377. The Hall–Kier alpha value is -1.26. The zero-order valence-corrected chi connectivity index (χ0v) is 13.6. The second-order valence-electron chi connectivity index (χ2n) is 7.33. The molecule has 0 aromatic carbocycles. The summed E-state index contributed by atoms with van der Waals surface area (Å²) >= 11 is 0. The Labute approximate surface area is 121 Å². The zero-order chi connectivity index (χ0) is 15.7. The zero-order valence-electron chi connectivity index (χ0n) is 13.6. The van der Waals surface area contributed by atoms with Gasteiger partial charge in [-0.25, -0.2) is 9.59 Å². The number of urea groups is 1. The summed E-state index contributed by atoms with van der Waals surface area (Å²) in [6, 6.07) is -0.190. The van der Waals surface area contributed by atoms with Crippen molar-refractivity contribution >= 4 is 12.0 Å². The van der Waals surface area contributed by atoms with Crippen LogP contribution in [0.25, 0.3) is 0 Å². The number of likely N-dealkylation sites (tertiary alicyclic amines) is 1. The maximum Gasteiger partial charge on any atom is 0.329 e. The summed E-state index contributed by atoms with van der Waals surface area (Å²) in [4.78, 5) is 26.7. The Morgan fingerprint density at radius 2 is 1.55 bits per heavy atom. The average Bonchev–Trinajstić information content (AvgIpc) is 2.35. The van der Waals surface area contributed by atoms with E-state index in [1.54, 1.807) is 25.8 Å². The van der Waals surface area contributed by atoms with E-state index in [0.717, 1.165) is 12.8 Å². The molecule has 0 radical (unpaired) electrons. The van der Waals surface area contributed by atoms with Gasteiger partial charge in [0, 0.05) is 20.1 Å². The van der Waals surface area contributed by atoms with E-state index in [-0.39, 0.29) is 11.4 Å². The number of amides is 2. The van der Waals surface area contributed by atoms with Gasteiger partial charge in [0.25, 0.3) is 0 Å². The van der Waals surface area contributed by atoms with E-state index in [0.29, 0.717) is 19.0 Å². The first kappa shape index (κ1) is 16.8.